The number of rotatable bonds is 4. The second-order valence-corrected chi connectivity index (χ2v) is 8.32. The van der Waals surface area contributed by atoms with E-state index in [0.717, 1.165) is 32.4 Å². The van der Waals surface area contributed by atoms with Crippen molar-refractivity contribution in [1.82, 2.24) is 9.80 Å². The summed E-state index contributed by atoms with van der Waals surface area (Å²) < 4.78 is 5.26. The molecule has 5 nitrogen and oxygen atoms in total. The summed E-state index contributed by atoms with van der Waals surface area (Å²) in [6.07, 6.45) is 4.56. The molecular weight excluding hydrogens is 348 g/mol. The smallest absolute Gasteiger partial charge is 0.257 e. The van der Waals surface area contributed by atoms with E-state index >= 15 is 0 Å². The van der Waals surface area contributed by atoms with Gasteiger partial charge in [-0.05, 0) is 60.1 Å². The molecule has 6 heteroatoms. The lowest BCUT2D eigenvalue weighted by atomic mass is 9.91. The second-order valence-electron chi connectivity index (χ2n) is 7.54. The molecule has 0 bridgehead atoms. The largest absolute Gasteiger partial charge is 0.469 e. The average molecular weight is 372 g/mol. The zero-order chi connectivity index (χ0) is 18.3. The molecule has 2 aliphatic rings. The number of carbonyl (C=O) groups excluding carboxylic acids is 2. The summed E-state index contributed by atoms with van der Waals surface area (Å²) in [5, 5.41) is 4.16. The number of amides is 2. The van der Waals surface area contributed by atoms with Crippen LogP contribution in [0.1, 0.15) is 47.9 Å². The topological polar surface area (TPSA) is 53.8 Å². The normalized spacial score (nSPS) is 21.0. The molecule has 4 rings (SSSR count). The highest BCUT2D eigenvalue weighted by molar-refractivity contribution is 7.07. The van der Waals surface area contributed by atoms with Gasteiger partial charge in [0.25, 0.3) is 5.91 Å². The Labute approximate surface area is 157 Å². The van der Waals surface area contributed by atoms with Gasteiger partial charge < -0.3 is 14.2 Å². The Kier molecular flexibility index (Phi) is 4.39. The second kappa shape index (κ2) is 6.58. The van der Waals surface area contributed by atoms with Crippen molar-refractivity contribution in [3.8, 4) is 0 Å². The maximum atomic E-state index is 12.7. The molecule has 0 N–H and O–H groups in total. The van der Waals surface area contributed by atoms with E-state index in [-0.39, 0.29) is 17.2 Å². The van der Waals surface area contributed by atoms with Gasteiger partial charge in [0.1, 0.15) is 5.76 Å². The van der Waals surface area contributed by atoms with Crippen LogP contribution in [-0.2, 0) is 11.3 Å². The van der Waals surface area contributed by atoms with Crippen LogP contribution < -0.4 is 0 Å². The third-order valence-electron chi connectivity index (χ3n) is 6.00. The van der Waals surface area contributed by atoms with Crippen molar-refractivity contribution < 1.29 is 14.0 Å². The lowest BCUT2D eigenvalue weighted by Crippen LogP contribution is -2.42. The first-order valence-electron chi connectivity index (χ1n) is 9.12. The molecular formula is C20H24N2O3S. The zero-order valence-electron chi connectivity index (χ0n) is 15.2. The third kappa shape index (κ3) is 3.07. The van der Waals surface area contributed by atoms with Gasteiger partial charge in [0.05, 0.1) is 11.8 Å². The first-order valence-corrected chi connectivity index (χ1v) is 10.1. The molecule has 0 radical (unpaired) electrons. The number of carbonyl (C=O) groups is 2. The summed E-state index contributed by atoms with van der Waals surface area (Å²) >= 11 is 1.67. The molecule has 2 aromatic heterocycles. The maximum Gasteiger partial charge on any atom is 0.257 e. The Morgan fingerprint density at radius 2 is 2.12 bits per heavy atom. The molecule has 138 valence electrons. The Balaban J connectivity index is 1.39. The van der Waals surface area contributed by atoms with Crippen molar-refractivity contribution in [2.45, 2.75) is 45.7 Å². The number of aryl methyl sites for hydroxylation is 1. The van der Waals surface area contributed by atoms with Gasteiger partial charge in [0.15, 0.2) is 0 Å². The van der Waals surface area contributed by atoms with E-state index in [9.17, 15) is 9.59 Å². The monoisotopic (exact) mass is 372 g/mol. The lowest BCUT2D eigenvalue weighted by Gasteiger charge is -2.34. The molecule has 2 aromatic rings. The van der Waals surface area contributed by atoms with E-state index in [1.165, 1.54) is 5.56 Å². The number of piperidine rings is 1. The Morgan fingerprint density at radius 1 is 1.35 bits per heavy atom. The van der Waals surface area contributed by atoms with Crippen LogP contribution in [0.25, 0.3) is 0 Å². The van der Waals surface area contributed by atoms with Crippen LogP contribution in [0.3, 0.4) is 0 Å². The molecule has 26 heavy (non-hydrogen) atoms. The summed E-state index contributed by atoms with van der Waals surface area (Å²) in [5.74, 6) is 0.883. The molecule has 3 heterocycles. The fourth-order valence-corrected chi connectivity index (χ4v) is 4.92. The van der Waals surface area contributed by atoms with Crippen molar-refractivity contribution in [3.05, 3.63) is 46.0 Å². The minimum Gasteiger partial charge on any atom is -0.469 e. The molecule has 2 fully saturated rings. The van der Waals surface area contributed by atoms with E-state index in [1.54, 1.807) is 30.6 Å². The number of nitrogens with zero attached hydrogens (tertiary/aromatic N) is 2. The maximum absolute atomic E-state index is 12.7. The van der Waals surface area contributed by atoms with E-state index in [0.29, 0.717) is 23.9 Å². The fraction of sp³-hybridized carbons (Fsp3) is 0.500. The van der Waals surface area contributed by atoms with Gasteiger partial charge in [-0.1, -0.05) is 0 Å². The predicted molar refractivity (Wildman–Crippen MR) is 100.0 cm³/mol. The van der Waals surface area contributed by atoms with Crippen LogP contribution in [0.15, 0.2) is 33.6 Å². The summed E-state index contributed by atoms with van der Waals surface area (Å²) in [4.78, 5) is 28.8. The summed E-state index contributed by atoms with van der Waals surface area (Å²) in [7, 11) is 0. The predicted octanol–water partition coefficient (Wildman–Crippen LogP) is 3.69. The summed E-state index contributed by atoms with van der Waals surface area (Å²) in [6, 6.07) is 4.15. The van der Waals surface area contributed by atoms with Crippen LogP contribution in [0.5, 0.6) is 0 Å². The zero-order valence-corrected chi connectivity index (χ0v) is 16.1. The molecule has 1 spiro atoms. The SMILES string of the molecule is CC(=O)N(Cc1ccsc1)[C@H]1CC12CCN(C(=O)c1ccoc1C)CC2. The first kappa shape index (κ1) is 17.3. The van der Waals surface area contributed by atoms with Crippen LogP contribution >= 0.6 is 11.3 Å². The summed E-state index contributed by atoms with van der Waals surface area (Å²) in [5.41, 5.74) is 2.07. The number of hydrogen-bond donors (Lipinski definition) is 0. The summed E-state index contributed by atoms with van der Waals surface area (Å²) in [6.45, 7) is 5.69. The van der Waals surface area contributed by atoms with E-state index in [4.69, 9.17) is 4.42 Å². The molecule has 2 amide bonds. The number of furan rings is 1. The number of hydrogen-bond acceptors (Lipinski definition) is 4. The van der Waals surface area contributed by atoms with E-state index < -0.39 is 0 Å². The van der Waals surface area contributed by atoms with Crippen LogP contribution in [0.4, 0.5) is 0 Å². The minimum absolute atomic E-state index is 0.0602. The van der Waals surface area contributed by atoms with Crippen LogP contribution in [0, 0.1) is 12.3 Å². The standard InChI is InChI=1S/C20H24N2O3S/c1-14-17(3-9-25-14)19(24)21-7-5-20(6-8-21)11-18(20)22(15(2)23)12-16-4-10-26-13-16/h3-4,9-10,13,18H,5-8,11-12H2,1-2H3/t18-/m0/s1. The van der Waals surface area contributed by atoms with Crippen molar-refractivity contribution in [2.75, 3.05) is 13.1 Å². The Morgan fingerprint density at radius 3 is 2.69 bits per heavy atom. The molecule has 0 unspecified atom stereocenters. The highest BCUT2D eigenvalue weighted by atomic mass is 32.1. The van der Waals surface area contributed by atoms with Gasteiger partial charge in [0, 0.05) is 32.6 Å². The van der Waals surface area contributed by atoms with Crippen molar-refractivity contribution in [3.63, 3.8) is 0 Å². The van der Waals surface area contributed by atoms with E-state index in [2.05, 4.69) is 16.8 Å². The molecule has 1 aliphatic heterocycles. The van der Waals surface area contributed by atoms with E-state index in [1.807, 2.05) is 16.7 Å². The Bertz CT molecular complexity index is 803. The molecule has 1 saturated carbocycles. The molecule has 1 aliphatic carbocycles. The minimum atomic E-state index is 0.0602. The van der Waals surface area contributed by atoms with Gasteiger partial charge in [0.2, 0.25) is 5.91 Å². The average Bonchev–Trinajstić information content (AvgIpc) is 2.98. The Hall–Kier alpha value is -2.08. The van der Waals surface area contributed by atoms with Crippen LogP contribution in [0.2, 0.25) is 0 Å². The number of thiophene rings is 1. The molecule has 1 atom stereocenters. The third-order valence-corrected chi connectivity index (χ3v) is 6.73. The quantitative estimate of drug-likeness (QED) is 0.822. The highest BCUT2D eigenvalue weighted by Gasteiger charge is 2.58. The van der Waals surface area contributed by atoms with Crippen molar-refractivity contribution in [2.24, 2.45) is 5.41 Å². The van der Waals surface area contributed by atoms with Gasteiger partial charge in [-0.3, -0.25) is 9.59 Å². The lowest BCUT2D eigenvalue weighted by molar-refractivity contribution is -0.130. The highest BCUT2D eigenvalue weighted by Crippen LogP contribution is 2.57. The van der Waals surface area contributed by atoms with Crippen molar-refractivity contribution in [1.29, 1.82) is 0 Å². The van der Waals surface area contributed by atoms with Gasteiger partial charge in [-0.25, -0.2) is 0 Å². The first-order chi connectivity index (χ1) is 12.5. The van der Waals surface area contributed by atoms with Crippen molar-refractivity contribution >= 4 is 23.2 Å². The van der Waals surface area contributed by atoms with Gasteiger partial charge in [-0.15, -0.1) is 0 Å². The molecule has 1 saturated heterocycles. The van der Waals surface area contributed by atoms with Gasteiger partial charge >= 0.3 is 0 Å². The molecule has 0 aromatic carbocycles. The fourth-order valence-electron chi connectivity index (χ4n) is 4.26. The van der Waals surface area contributed by atoms with Gasteiger partial charge in [-0.2, -0.15) is 11.3 Å². The van der Waals surface area contributed by atoms with Crippen LogP contribution in [-0.4, -0.2) is 40.7 Å². The number of likely N-dealkylation sites (tertiary alicyclic amines) is 1.